The van der Waals surface area contributed by atoms with Gasteiger partial charge in [0.25, 0.3) is 0 Å². The maximum Gasteiger partial charge on any atom is 0.223 e. The molecule has 6 N–H and O–H groups in total. The third-order valence-corrected chi connectivity index (χ3v) is 4.59. The van der Waals surface area contributed by atoms with Gasteiger partial charge in [0.05, 0.1) is 58.1 Å². The van der Waals surface area contributed by atoms with Crippen molar-refractivity contribution < 1.29 is 28.5 Å². The van der Waals surface area contributed by atoms with Crippen molar-refractivity contribution in [2.24, 2.45) is 16.9 Å². The van der Waals surface area contributed by atoms with Gasteiger partial charge < -0.3 is 41.0 Å². The summed E-state index contributed by atoms with van der Waals surface area (Å²) >= 11 is 0. The van der Waals surface area contributed by atoms with E-state index in [1.807, 2.05) is 0 Å². The molecule has 10 nitrogen and oxygen atoms in total. The molecule has 0 aromatic rings. The molecule has 2 amide bonds. The lowest BCUT2D eigenvalue weighted by molar-refractivity contribution is -0.126. The molecule has 194 valence electrons. The smallest absolute Gasteiger partial charge is 0.223 e. The maximum atomic E-state index is 11.8. The van der Waals surface area contributed by atoms with Crippen molar-refractivity contribution in [3.8, 4) is 24.7 Å². The molecule has 0 aliphatic carbocycles. The molecule has 0 rings (SSSR count). The quantitative estimate of drug-likeness (QED) is 0.112. The minimum absolute atomic E-state index is 0.178. The van der Waals surface area contributed by atoms with Crippen LogP contribution in [0.1, 0.15) is 32.1 Å². The summed E-state index contributed by atoms with van der Waals surface area (Å²) in [5.74, 6) is 4.34. The molecule has 0 heterocycles. The standard InChI is InChI=1S/C24H42N4O6/c1-3-12-27-22(29)8-16-33-20-24(19-32-15-7-11-26,18-31-14-6-5-10-25)21-34-17-9-23(30)28-13-4-2/h1-2H,5-21,25-26H2,(H,27,29)(H,28,30). The van der Waals surface area contributed by atoms with Crippen molar-refractivity contribution in [1.82, 2.24) is 10.6 Å². The van der Waals surface area contributed by atoms with E-state index >= 15 is 0 Å². The van der Waals surface area contributed by atoms with Crippen molar-refractivity contribution in [2.75, 3.05) is 79.0 Å². The van der Waals surface area contributed by atoms with Crippen molar-refractivity contribution in [3.63, 3.8) is 0 Å². The van der Waals surface area contributed by atoms with E-state index in [4.69, 9.17) is 43.3 Å². The number of hydrogen-bond donors (Lipinski definition) is 4. The molecule has 0 aliphatic rings. The monoisotopic (exact) mass is 482 g/mol. The average Bonchev–Trinajstić information content (AvgIpc) is 2.84. The van der Waals surface area contributed by atoms with Gasteiger partial charge in [-0.2, -0.15) is 0 Å². The molecule has 0 saturated heterocycles. The minimum atomic E-state index is -0.623. The molecule has 0 aliphatic heterocycles. The van der Waals surface area contributed by atoms with Crippen LogP contribution in [0.3, 0.4) is 0 Å². The molecule has 0 aromatic heterocycles. The van der Waals surface area contributed by atoms with Gasteiger partial charge in [-0.1, -0.05) is 11.8 Å². The third-order valence-electron chi connectivity index (χ3n) is 4.59. The lowest BCUT2D eigenvalue weighted by atomic mass is 9.92. The minimum Gasteiger partial charge on any atom is -0.381 e. The van der Waals surface area contributed by atoms with Gasteiger partial charge in [-0.15, -0.1) is 12.8 Å². The number of rotatable bonds is 23. The second-order valence-electron chi connectivity index (χ2n) is 7.81. The second-order valence-corrected chi connectivity index (χ2v) is 7.81. The van der Waals surface area contributed by atoms with E-state index in [2.05, 4.69) is 22.5 Å². The van der Waals surface area contributed by atoms with Gasteiger partial charge in [0, 0.05) is 26.1 Å². The number of carbonyl (C=O) groups excluding carboxylic acids is 2. The normalized spacial score (nSPS) is 10.9. The topological polar surface area (TPSA) is 147 Å². The average molecular weight is 483 g/mol. The summed E-state index contributed by atoms with van der Waals surface area (Å²) in [4.78, 5) is 23.5. The van der Waals surface area contributed by atoms with Gasteiger partial charge in [0.15, 0.2) is 0 Å². The molecule has 0 radical (unpaired) electrons. The number of amides is 2. The van der Waals surface area contributed by atoms with E-state index < -0.39 is 5.41 Å². The molecular weight excluding hydrogens is 440 g/mol. The SMILES string of the molecule is C#CCNC(=O)CCOCC(COCCCN)(COCCCCN)COCCC(=O)NCC#C. The van der Waals surface area contributed by atoms with Crippen LogP contribution >= 0.6 is 0 Å². The second kappa shape index (κ2) is 22.6. The lowest BCUT2D eigenvalue weighted by Gasteiger charge is -2.33. The summed E-state index contributed by atoms with van der Waals surface area (Å²) in [6, 6.07) is 0. The van der Waals surface area contributed by atoms with Gasteiger partial charge in [-0.05, 0) is 32.4 Å². The summed E-state index contributed by atoms with van der Waals surface area (Å²) in [5.41, 5.74) is 10.5. The first-order valence-corrected chi connectivity index (χ1v) is 11.6. The number of terminal acetylenes is 2. The summed E-state index contributed by atoms with van der Waals surface area (Å²) < 4.78 is 23.4. The Kier molecular flexibility index (Phi) is 21.2. The van der Waals surface area contributed by atoms with Gasteiger partial charge in [0.2, 0.25) is 11.8 Å². The summed E-state index contributed by atoms with van der Waals surface area (Å²) in [7, 11) is 0. The van der Waals surface area contributed by atoms with Crippen LogP contribution in [-0.2, 0) is 28.5 Å². The first kappa shape index (κ1) is 31.8. The molecular formula is C24H42N4O6. The van der Waals surface area contributed by atoms with Gasteiger partial charge in [-0.25, -0.2) is 0 Å². The van der Waals surface area contributed by atoms with E-state index in [-0.39, 0.29) is 64.2 Å². The first-order chi connectivity index (χ1) is 16.5. The first-order valence-electron chi connectivity index (χ1n) is 11.6. The van der Waals surface area contributed by atoms with Gasteiger partial charge >= 0.3 is 0 Å². The Morgan fingerprint density at radius 1 is 0.676 bits per heavy atom. The largest absolute Gasteiger partial charge is 0.381 e. The number of ether oxygens (including phenoxy) is 4. The fraction of sp³-hybridized carbons (Fsp3) is 0.750. The number of hydrogen-bond acceptors (Lipinski definition) is 8. The van der Waals surface area contributed by atoms with Gasteiger partial charge in [0.1, 0.15) is 0 Å². The van der Waals surface area contributed by atoms with Crippen LogP contribution in [-0.4, -0.2) is 90.8 Å². The molecule has 0 aromatic carbocycles. The highest BCUT2D eigenvalue weighted by atomic mass is 16.5. The van der Waals surface area contributed by atoms with Crippen molar-refractivity contribution in [3.05, 3.63) is 0 Å². The van der Waals surface area contributed by atoms with Crippen LogP contribution < -0.4 is 22.1 Å². The van der Waals surface area contributed by atoms with E-state index in [1.165, 1.54) is 0 Å². The van der Waals surface area contributed by atoms with Crippen molar-refractivity contribution in [1.29, 1.82) is 0 Å². The molecule has 0 bridgehead atoms. The zero-order chi connectivity index (χ0) is 25.3. The Labute approximate surface area is 204 Å². The Hall–Kier alpha value is -2.18. The highest BCUT2D eigenvalue weighted by Gasteiger charge is 2.32. The molecule has 0 fully saturated rings. The molecule has 0 spiro atoms. The van der Waals surface area contributed by atoms with E-state index in [1.54, 1.807) is 0 Å². The number of carbonyl (C=O) groups is 2. The Morgan fingerprint density at radius 2 is 1.09 bits per heavy atom. The zero-order valence-corrected chi connectivity index (χ0v) is 20.3. The van der Waals surface area contributed by atoms with Crippen LogP contribution in [0.25, 0.3) is 0 Å². The predicted molar refractivity (Wildman–Crippen MR) is 131 cm³/mol. The highest BCUT2D eigenvalue weighted by molar-refractivity contribution is 5.76. The van der Waals surface area contributed by atoms with Crippen LogP contribution in [0.5, 0.6) is 0 Å². The van der Waals surface area contributed by atoms with Crippen LogP contribution in [0.2, 0.25) is 0 Å². The Morgan fingerprint density at radius 3 is 1.50 bits per heavy atom. The van der Waals surface area contributed by atoms with Crippen LogP contribution in [0.4, 0.5) is 0 Å². The van der Waals surface area contributed by atoms with E-state index in [9.17, 15) is 9.59 Å². The number of unbranched alkanes of at least 4 members (excludes halogenated alkanes) is 1. The number of nitrogens with two attached hydrogens (primary N) is 2. The maximum absolute atomic E-state index is 11.8. The molecule has 10 heteroatoms. The van der Waals surface area contributed by atoms with Crippen LogP contribution in [0.15, 0.2) is 0 Å². The molecule has 0 saturated carbocycles. The van der Waals surface area contributed by atoms with Crippen molar-refractivity contribution >= 4 is 11.8 Å². The molecule has 0 atom stereocenters. The highest BCUT2D eigenvalue weighted by Crippen LogP contribution is 2.21. The van der Waals surface area contributed by atoms with E-state index in [0.717, 1.165) is 19.3 Å². The van der Waals surface area contributed by atoms with E-state index in [0.29, 0.717) is 39.5 Å². The zero-order valence-electron chi connectivity index (χ0n) is 20.3. The third kappa shape index (κ3) is 18.3. The summed E-state index contributed by atoms with van der Waals surface area (Å²) in [6.45, 7) is 4.08. The van der Waals surface area contributed by atoms with Crippen LogP contribution in [0, 0.1) is 30.1 Å². The molecule has 0 unspecified atom stereocenters. The Bertz CT molecular complexity index is 580. The summed E-state index contributed by atoms with van der Waals surface area (Å²) in [6.07, 6.45) is 13.1. The van der Waals surface area contributed by atoms with Crippen molar-refractivity contribution in [2.45, 2.75) is 32.1 Å². The Balaban J connectivity index is 4.93. The fourth-order valence-corrected chi connectivity index (χ4v) is 2.74. The summed E-state index contributed by atoms with van der Waals surface area (Å²) in [5, 5.41) is 5.20. The number of nitrogens with one attached hydrogen (secondary N) is 2. The molecule has 34 heavy (non-hydrogen) atoms. The lowest BCUT2D eigenvalue weighted by Crippen LogP contribution is -2.42. The predicted octanol–water partition coefficient (Wildman–Crippen LogP) is -0.594. The fourth-order valence-electron chi connectivity index (χ4n) is 2.74. The van der Waals surface area contributed by atoms with Gasteiger partial charge in [-0.3, -0.25) is 9.59 Å².